The van der Waals surface area contributed by atoms with E-state index < -0.39 is 0 Å². The number of hydrogen-bond acceptors (Lipinski definition) is 5. The molecule has 1 aliphatic heterocycles. The Kier molecular flexibility index (Phi) is 5.06. The van der Waals surface area contributed by atoms with Crippen LogP contribution in [0.4, 0.5) is 10.1 Å². The number of rotatable bonds is 4. The van der Waals surface area contributed by atoms with Gasteiger partial charge in [0.2, 0.25) is 0 Å². The molecular formula is C18H14FNO3S2. The standard InChI is InChI=1S/C18H14FNO3S2/c1-2-23-15-8-3-11(9-14(15)21)10-16-17(22)20(18(24)25-16)13-6-4-12(19)5-7-13/h3-10,21H,2H2,1H3/b16-10-. The number of aromatic hydroxyl groups is 1. The van der Waals surface area contributed by atoms with Gasteiger partial charge in [0.15, 0.2) is 15.8 Å². The molecule has 7 heteroatoms. The molecule has 0 bridgehead atoms. The van der Waals surface area contributed by atoms with Crippen LogP contribution in [0.3, 0.4) is 0 Å². The van der Waals surface area contributed by atoms with E-state index in [1.54, 1.807) is 18.2 Å². The van der Waals surface area contributed by atoms with Gasteiger partial charge in [-0.3, -0.25) is 9.69 Å². The number of thiocarbonyl (C=S) groups is 1. The van der Waals surface area contributed by atoms with Gasteiger partial charge >= 0.3 is 0 Å². The third-order valence-electron chi connectivity index (χ3n) is 3.46. The maximum absolute atomic E-state index is 13.1. The van der Waals surface area contributed by atoms with Gasteiger partial charge in [-0.2, -0.15) is 0 Å². The van der Waals surface area contributed by atoms with E-state index in [9.17, 15) is 14.3 Å². The van der Waals surface area contributed by atoms with Gasteiger partial charge in [0.1, 0.15) is 5.82 Å². The van der Waals surface area contributed by atoms with Gasteiger partial charge in [0, 0.05) is 0 Å². The number of hydrogen-bond donors (Lipinski definition) is 1. The zero-order valence-corrected chi connectivity index (χ0v) is 14.9. The van der Waals surface area contributed by atoms with Gasteiger partial charge in [-0.15, -0.1) is 0 Å². The fourth-order valence-corrected chi connectivity index (χ4v) is 3.63. The summed E-state index contributed by atoms with van der Waals surface area (Å²) in [4.78, 5) is 14.4. The van der Waals surface area contributed by atoms with E-state index in [2.05, 4.69) is 0 Å². The first-order chi connectivity index (χ1) is 12.0. The molecule has 3 rings (SSSR count). The molecule has 0 saturated carbocycles. The smallest absolute Gasteiger partial charge is 0.270 e. The van der Waals surface area contributed by atoms with Crippen molar-refractivity contribution in [2.24, 2.45) is 0 Å². The third kappa shape index (κ3) is 3.67. The number of carbonyl (C=O) groups excluding carboxylic acids is 1. The van der Waals surface area contributed by atoms with Crippen molar-refractivity contribution in [3.63, 3.8) is 0 Å². The van der Waals surface area contributed by atoms with Crippen molar-refractivity contribution in [2.45, 2.75) is 6.92 Å². The number of ether oxygens (including phenoxy) is 1. The number of nitrogens with zero attached hydrogens (tertiary/aromatic N) is 1. The molecule has 128 valence electrons. The van der Waals surface area contributed by atoms with Gasteiger partial charge in [-0.05, 0) is 55.0 Å². The average Bonchev–Trinajstić information content (AvgIpc) is 2.85. The minimum absolute atomic E-state index is 0.00427. The van der Waals surface area contributed by atoms with E-state index in [4.69, 9.17) is 17.0 Å². The molecule has 0 unspecified atom stereocenters. The molecule has 1 amide bonds. The molecule has 1 fully saturated rings. The molecule has 2 aromatic rings. The number of phenols is 1. The Hall–Kier alpha value is -2.38. The van der Waals surface area contributed by atoms with Crippen LogP contribution >= 0.6 is 24.0 Å². The van der Waals surface area contributed by atoms with Gasteiger partial charge < -0.3 is 9.84 Å². The monoisotopic (exact) mass is 375 g/mol. The number of halogens is 1. The van der Waals surface area contributed by atoms with E-state index in [1.807, 2.05) is 6.92 Å². The van der Waals surface area contributed by atoms with Crippen LogP contribution in [0.25, 0.3) is 6.08 Å². The molecule has 0 aliphatic carbocycles. The molecule has 0 radical (unpaired) electrons. The summed E-state index contributed by atoms with van der Waals surface area (Å²) in [6.45, 7) is 2.28. The molecule has 0 spiro atoms. The molecule has 0 atom stereocenters. The highest BCUT2D eigenvalue weighted by Crippen LogP contribution is 2.37. The van der Waals surface area contributed by atoms with Crippen LogP contribution in [-0.2, 0) is 4.79 Å². The third-order valence-corrected chi connectivity index (χ3v) is 4.76. The summed E-state index contributed by atoms with van der Waals surface area (Å²) in [5, 5.41) is 9.95. The van der Waals surface area contributed by atoms with Crippen LogP contribution < -0.4 is 9.64 Å². The molecule has 1 N–H and O–H groups in total. The fraction of sp³-hybridized carbons (Fsp3) is 0.111. The number of thioether (sulfide) groups is 1. The molecule has 1 saturated heterocycles. The number of phenolic OH excluding ortho intramolecular Hbond substituents is 1. The maximum atomic E-state index is 13.1. The van der Waals surface area contributed by atoms with E-state index in [0.717, 1.165) is 11.8 Å². The Bertz CT molecular complexity index is 865. The first-order valence-corrected chi connectivity index (χ1v) is 8.71. The lowest BCUT2D eigenvalue weighted by atomic mass is 10.2. The van der Waals surface area contributed by atoms with Crippen LogP contribution in [-0.4, -0.2) is 21.9 Å². The summed E-state index contributed by atoms with van der Waals surface area (Å²) in [6.07, 6.45) is 1.65. The molecule has 4 nitrogen and oxygen atoms in total. The first-order valence-electron chi connectivity index (χ1n) is 7.49. The predicted molar refractivity (Wildman–Crippen MR) is 101 cm³/mol. The quantitative estimate of drug-likeness (QED) is 0.636. The highest BCUT2D eigenvalue weighted by atomic mass is 32.2. The predicted octanol–water partition coefficient (Wildman–Crippen LogP) is 4.34. The second kappa shape index (κ2) is 7.25. The Morgan fingerprint density at radius 1 is 1.28 bits per heavy atom. The van der Waals surface area contributed by atoms with Gasteiger partial charge in [0.25, 0.3) is 5.91 Å². The summed E-state index contributed by atoms with van der Waals surface area (Å²) >= 11 is 6.43. The summed E-state index contributed by atoms with van der Waals surface area (Å²) in [5.74, 6) is -0.271. The Morgan fingerprint density at radius 3 is 2.64 bits per heavy atom. The van der Waals surface area contributed by atoms with Crippen LogP contribution in [0, 0.1) is 5.82 Å². The lowest BCUT2D eigenvalue weighted by Crippen LogP contribution is -2.27. The molecule has 1 heterocycles. The van der Waals surface area contributed by atoms with E-state index in [-0.39, 0.29) is 17.5 Å². The summed E-state index contributed by atoms with van der Waals surface area (Å²) in [6, 6.07) is 10.5. The lowest BCUT2D eigenvalue weighted by molar-refractivity contribution is -0.113. The largest absolute Gasteiger partial charge is 0.504 e. The van der Waals surface area contributed by atoms with E-state index >= 15 is 0 Å². The summed E-state index contributed by atoms with van der Waals surface area (Å²) in [5.41, 5.74) is 1.17. The van der Waals surface area contributed by atoms with Gasteiger partial charge in [-0.1, -0.05) is 30.0 Å². The summed E-state index contributed by atoms with van der Waals surface area (Å²) < 4.78 is 18.7. The van der Waals surface area contributed by atoms with Crippen molar-refractivity contribution >= 4 is 46.0 Å². The van der Waals surface area contributed by atoms with Crippen LogP contribution in [0.15, 0.2) is 47.4 Å². The molecule has 1 aliphatic rings. The van der Waals surface area contributed by atoms with E-state index in [1.165, 1.54) is 35.2 Å². The van der Waals surface area contributed by atoms with Crippen LogP contribution in [0.2, 0.25) is 0 Å². The number of anilines is 1. The minimum atomic E-state index is -0.380. The average molecular weight is 375 g/mol. The topological polar surface area (TPSA) is 49.8 Å². The summed E-state index contributed by atoms with van der Waals surface area (Å²) in [7, 11) is 0. The first kappa shape index (κ1) is 17.4. The van der Waals surface area contributed by atoms with Crippen molar-refractivity contribution in [1.29, 1.82) is 0 Å². The molecule has 2 aromatic carbocycles. The zero-order chi connectivity index (χ0) is 18.0. The number of amides is 1. The number of benzene rings is 2. The molecular weight excluding hydrogens is 361 g/mol. The van der Waals surface area contributed by atoms with Crippen molar-refractivity contribution in [3.8, 4) is 11.5 Å². The Labute approximate surface area is 153 Å². The normalized spacial score (nSPS) is 15.9. The highest BCUT2D eigenvalue weighted by molar-refractivity contribution is 8.27. The lowest BCUT2D eigenvalue weighted by Gasteiger charge is -2.14. The van der Waals surface area contributed by atoms with E-state index in [0.29, 0.717) is 32.8 Å². The maximum Gasteiger partial charge on any atom is 0.270 e. The Morgan fingerprint density at radius 2 is 2.00 bits per heavy atom. The second-order valence-corrected chi connectivity index (χ2v) is 6.83. The van der Waals surface area contributed by atoms with Crippen molar-refractivity contribution in [2.75, 3.05) is 11.5 Å². The van der Waals surface area contributed by atoms with Crippen LogP contribution in [0.1, 0.15) is 12.5 Å². The Balaban J connectivity index is 1.87. The van der Waals surface area contributed by atoms with Crippen molar-refractivity contribution in [3.05, 3.63) is 58.8 Å². The second-order valence-electron chi connectivity index (χ2n) is 5.15. The SMILES string of the molecule is CCOc1ccc(/C=C2\SC(=S)N(c3ccc(F)cc3)C2=O)cc1O. The molecule has 0 aromatic heterocycles. The minimum Gasteiger partial charge on any atom is -0.504 e. The zero-order valence-electron chi connectivity index (χ0n) is 13.2. The number of carbonyl (C=O) groups is 1. The van der Waals surface area contributed by atoms with Crippen LogP contribution in [0.5, 0.6) is 11.5 Å². The fourth-order valence-electron chi connectivity index (χ4n) is 2.33. The highest BCUT2D eigenvalue weighted by Gasteiger charge is 2.33. The molecule has 25 heavy (non-hydrogen) atoms. The van der Waals surface area contributed by atoms with Crippen molar-refractivity contribution in [1.82, 2.24) is 0 Å². The van der Waals surface area contributed by atoms with Crippen molar-refractivity contribution < 1.29 is 19.0 Å². The van der Waals surface area contributed by atoms with Gasteiger partial charge in [0.05, 0.1) is 17.2 Å². The van der Waals surface area contributed by atoms with Gasteiger partial charge in [-0.25, -0.2) is 4.39 Å².